The zero-order valence-electron chi connectivity index (χ0n) is 21.3. The lowest BCUT2D eigenvalue weighted by atomic mass is 9.59. The molecule has 2 aliphatic rings. The Balaban J connectivity index is 1.53. The summed E-state index contributed by atoms with van der Waals surface area (Å²) < 4.78 is 10.8. The van der Waals surface area contributed by atoms with E-state index in [2.05, 4.69) is 62.4 Å². The van der Waals surface area contributed by atoms with Crippen molar-refractivity contribution in [1.29, 1.82) is 0 Å². The van der Waals surface area contributed by atoms with Gasteiger partial charge in [-0.1, -0.05) is 57.4 Å². The number of rotatable bonds is 8. The third kappa shape index (κ3) is 5.76. The molecule has 0 aliphatic heterocycles. The number of ether oxygens (including phenoxy) is 2. The Morgan fingerprint density at radius 1 is 0.697 bits per heavy atom. The molecule has 2 saturated carbocycles. The molecule has 0 saturated heterocycles. The van der Waals surface area contributed by atoms with Crippen LogP contribution < -0.4 is 9.47 Å². The minimum Gasteiger partial charge on any atom is -0.497 e. The first-order chi connectivity index (χ1) is 16.1. The zero-order valence-corrected chi connectivity index (χ0v) is 21.3. The largest absolute Gasteiger partial charge is 0.497 e. The fourth-order valence-corrected chi connectivity index (χ4v) is 6.93. The maximum absolute atomic E-state index is 5.41. The normalized spacial score (nSPS) is 30.1. The van der Waals surface area contributed by atoms with Gasteiger partial charge in [0.15, 0.2) is 0 Å². The highest BCUT2D eigenvalue weighted by Gasteiger charge is 2.40. The Kier molecular flexibility index (Phi) is 8.39. The van der Waals surface area contributed by atoms with Crippen LogP contribution in [0.2, 0.25) is 0 Å². The molecule has 33 heavy (non-hydrogen) atoms. The van der Waals surface area contributed by atoms with Crippen molar-refractivity contribution in [3.8, 4) is 11.5 Å². The molecule has 0 radical (unpaired) electrons. The SMILES string of the molecule is CCCCC1CCC(c2ccc(OC)cc2)CC1C1CC(c2ccc(OC)cc2)CCC1C. The molecular formula is C31H44O2. The van der Waals surface area contributed by atoms with Crippen molar-refractivity contribution in [3.63, 3.8) is 0 Å². The minimum absolute atomic E-state index is 0.699. The molecule has 2 nitrogen and oxygen atoms in total. The monoisotopic (exact) mass is 448 g/mol. The summed E-state index contributed by atoms with van der Waals surface area (Å²) in [5, 5.41) is 0. The van der Waals surface area contributed by atoms with E-state index in [4.69, 9.17) is 9.47 Å². The highest BCUT2D eigenvalue weighted by Crippen LogP contribution is 2.52. The quantitative estimate of drug-likeness (QED) is 0.402. The molecule has 0 aromatic heterocycles. The minimum atomic E-state index is 0.699. The van der Waals surface area contributed by atoms with E-state index in [1.165, 1.54) is 68.9 Å². The van der Waals surface area contributed by atoms with Gasteiger partial charge in [-0.2, -0.15) is 0 Å². The van der Waals surface area contributed by atoms with E-state index in [1.807, 2.05) is 0 Å². The maximum atomic E-state index is 5.41. The van der Waals surface area contributed by atoms with Crippen LogP contribution in [0.1, 0.15) is 94.6 Å². The van der Waals surface area contributed by atoms with Gasteiger partial charge in [-0.25, -0.2) is 0 Å². The fraction of sp³-hybridized carbons (Fsp3) is 0.613. The summed E-state index contributed by atoms with van der Waals surface area (Å²) >= 11 is 0. The molecule has 180 valence electrons. The van der Waals surface area contributed by atoms with E-state index < -0.39 is 0 Å². The number of unbranched alkanes of at least 4 members (excludes halogenated alkanes) is 1. The molecule has 0 N–H and O–H groups in total. The third-order valence-electron chi connectivity index (χ3n) is 8.96. The van der Waals surface area contributed by atoms with Crippen molar-refractivity contribution < 1.29 is 9.47 Å². The topological polar surface area (TPSA) is 18.5 Å². The van der Waals surface area contributed by atoms with Gasteiger partial charge in [-0.05, 0) is 109 Å². The van der Waals surface area contributed by atoms with Crippen molar-refractivity contribution in [3.05, 3.63) is 59.7 Å². The van der Waals surface area contributed by atoms with Crippen LogP contribution in [-0.2, 0) is 0 Å². The van der Waals surface area contributed by atoms with Crippen molar-refractivity contribution in [2.45, 2.75) is 83.5 Å². The van der Waals surface area contributed by atoms with Gasteiger partial charge in [0.1, 0.15) is 11.5 Å². The van der Waals surface area contributed by atoms with E-state index in [1.54, 1.807) is 14.2 Å². The predicted molar refractivity (Wildman–Crippen MR) is 138 cm³/mol. The number of benzene rings is 2. The van der Waals surface area contributed by atoms with Crippen molar-refractivity contribution in [2.24, 2.45) is 23.7 Å². The van der Waals surface area contributed by atoms with Crippen LogP contribution in [0.25, 0.3) is 0 Å². The van der Waals surface area contributed by atoms with Crippen LogP contribution in [0.3, 0.4) is 0 Å². The molecule has 6 unspecified atom stereocenters. The van der Waals surface area contributed by atoms with Gasteiger partial charge in [-0.3, -0.25) is 0 Å². The van der Waals surface area contributed by atoms with Crippen molar-refractivity contribution in [2.75, 3.05) is 14.2 Å². The predicted octanol–water partition coefficient (Wildman–Crippen LogP) is 8.61. The molecule has 0 amide bonds. The molecule has 4 rings (SSSR count). The molecular weight excluding hydrogens is 404 g/mol. The van der Waals surface area contributed by atoms with E-state index in [0.29, 0.717) is 11.8 Å². The highest BCUT2D eigenvalue weighted by molar-refractivity contribution is 5.31. The Morgan fingerprint density at radius 2 is 1.21 bits per heavy atom. The van der Waals surface area contributed by atoms with Gasteiger partial charge in [0, 0.05) is 0 Å². The Labute approximate surface area is 202 Å². The van der Waals surface area contributed by atoms with Crippen LogP contribution in [0.4, 0.5) is 0 Å². The molecule has 2 aromatic carbocycles. The lowest BCUT2D eigenvalue weighted by Gasteiger charge is -2.46. The summed E-state index contributed by atoms with van der Waals surface area (Å²) in [5.74, 6) is 6.77. The van der Waals surface area contributed by atoms with Gasteiger partial charge in [0.2, 0.25) is 0 Å². The highest BCUT2D eigenvalue weighted by atomic mass is 16.5. The van der Waals surface area contributed by atoms with Crippen molar-refractivity contribution >= 4 is 0 Å². The lowest BCUT2D eigenvalue weighted by Crippen LogP contribution is -2.36. The Hall–Kier alpha value is -1.96. The second-order valence-corrected chi connectivity index (χ2v) is 10.8. The van der Waals surface area contributed by atoms with E-state index in [9.17, 15) is 0 Å². The zero-order chi connectivity index (χ0) is 23.2. The molecule has 0 spiro atoms. The van der Waals surface area contributed by atoms with Gasteiger partial charge >= 0.3 is 0 Å². The Bertz CT molecular complexity index is 840. The second kappa shape index (κ2) is 11.4. The second-order valence-electron chi connectivity index (χ2n) is 10.8. The average Bonchev–Trinajstić information content (AvgIpc) is 2.88. The fourth-order valence-electron chi connectivity index (χ4n) is 6.93. The molecule has 2 aliphatic carbocycles. The first-order valence-corrected chi connectivity index (χ1v) is 13.4. The first kappa shape index (κ1) is 24.2. The number of hydrogen-bond donors (Lipinski definition) is 0. The molecule has 6 atom stereocenters. The smallest absolute Gasteiger partial charge is 0.118 e. The van der Waals surface area contributed by atoms with Gasteiger partial charge in [0.05, 0.1) is 14.2 Å². The average molecular weight is 449 g/mol. The van der Waals surface area contributed by atoms with Crippen LogP contribution in [0.15, 0.2) is 48.5 Å². The van der Waals surface area contributed by atoms with Crippen LogP contribution in [-0.4, -0.2) is 14.2 Å². The lowest BCUT2D eigenvalue weighted by molar-refractivity contribution is 0.0671. The van der Waals surface area contributed by atoms with Crippen LogP contribution in [0.5, 0.6) is 11.5 Å². The van der Waals surface area contributed by atoms with Crippen molar-refractivity contribution in [1.82, 2.24) is 0 Å². The first-order valence-electron chi connectivity index (χ1n) is 13.4. The number of hydrogen-bond acceptors (Lipinski definition) is 2. The molecule has 0 heterocycles. The maximum Gasteiger partial charge on any atom is 0.118 e. The summed E-state index contributed by atoms with van der Waals surface area (Å²) in [6.07, 6.45) is 12.3. The van der Waals surface area contributed by atoms with Gasteiger partial charge in [0.25, 0.3) is 0 Å². The standard InChI is InChI=1S/C31H44O2/c1-5-6-7-25-10-11-27(24-14-18-29(33-4)19-15-24)21-31(25)30-20-26(9-8-22(30)2)23-12-16-28(32-3)17-13-23/h12-19,22,25-27,30-31H,5-11,20-21H2,1-4H3. The van der Waals surface area contributed by atoms with Crippen LogP contribution >= 0.6 is 0 Å². The molecule has 2 fully saturated rings. The number of methoxy groups -OCH3 is 2. The summed E-state index contributed by atoms with van der Waals surface area (Å²) in [6.45, 7) is 4.89. The van der Waals surface area contributed by atoms with Gasteiger partial charge < -0.3 is 9.47 Å². The summed E-state index contributed by atoms with van der Waals surface area (Å²) in [7, 11) is 3.51. The Morgan fingerprint density at radius 3 is 1.73 bits per heavy atom. The van der Waals surface area contributed by atoms with E-state index in [-0.39, 0.29) is 0 Å². The van der Waals surface area contributed by atoms with E-state index in [0.717, 1.165) is 35.2 Å². The molecule has 2 heteroatoms. The molecule has 2 aromatic rings. The van der Waals surface area contributed by atoms with Crippen LogP contribution in [0, 0.1) is 23.7 Å². The van der Waals surface area contributed by atoms with Gasteiger partial charge in [-0.15, -0.1) is 0 Å². The third-order valence-corrected chi connectivity index (χ3v) is 8.96. The summed E-state index contributed by atoms with van der Waals surface area (Å²) in [4.78, 5) is 0. The molecule has 0 bridgehead atoms. The van der Waals surface area contributed by atoms with E-state index >= 15 is 0 Å². The summed E-state index contributed by atoms with van der Waals surface area (Å²) in [6, 6.07) is 17.8. The summed E-state index contributed by atoms with van der Waals surface area (Å²) in [5.41, 5.74) is 3.03.